The summed E-state index contributed by atoms with van der Waals surface area (Å²) in [5.41, 5.74) is 1.77. The number of hydrazone groups is 1. The molecule has 1 atom stereocenters. The summed E-state index contributed by atoms with van der Waals surface area (Å²) < 4.78 is 21.1. The second kappa shape index (κ2) is 9.79. The molecule has 0 radical (unpaired) electrons. The highest BCUT2D eigenvalue weighted by Crippen LogP contribution is 2.33. The summed E-state index contributed by atoms with van der Waals surface area (Å²) in [6.45, 7) is -0.484. The second-order valence-corrected chi connectivity index (χ2v) is 7.61. The smallest absolute Gasteiger partial charge is 0.338 e. The van der Waals surface area contributed by atoms with E-state index in [9.17, 15) is 9.59 Å². The van der Waals surface area contributed by atoms with Crippen molar-refractivity contribution in [1.29, 1.82) is 0 Å². The number of methoxy groups -OCH3 is 2. The summed E-state index contributed by atoms with van der Waals surface area (Å²) in [4.78, 5) is 25.5. The van der Waals surface area contributed by atoms with E-state index in [-0.39, 0.29) is 5.56 Å². The van der Waals surface area contributed by atoms with Crippen molar-refractivity contribution in [1.82, 2.24) is 5.01 Å². The molecule has 3 aromatic rings. The van der Waals surface area contributed by atoms with Crippen molar-refractivity contribution in [2.24, 2.45) is 5.10 Å². The third-order valence-corrected chi connectivity index (χ3v) is 5.41. The SMILES string of the molecule is COc1ccc(C(=O)OCC(=O)N2N=C(c3ccc(Cl)cc3)CC2c2ccco2)cc1OC. The number of hydrogen-bond donors (Lipinski definition) is 0. The number of carbonyl (C=O) groups is 2. The molecule has 1 aliphatic rings. The quantitative estimate of drug-likeness (QED) is 0.475. The van der Waals surface area contributed by atoms with Crippen molar-refractivity contribution in [2.45, 2.75) is 12.5 Å². The van der Waals surface area contributed by atoms with Gasteiger partial charge in [-0.1, -0.05) is 23.7 Å². The van der Waals surface area contributed by atoms with E-state index in [2.05, 4.69) is 5.10 Å². The van der Waals surface area contributed by atoms with Crippen molar-refractivity contribution in [3.8, 4) is 11.5 Å². The van der Waals surface area contributed by atoms with Gasteiger partial charge in [0.15, 0.2) is 18.1 Å². The molecule has 0 saturated carbocycles. The maximum Gasteiger partial charge on any atom is 0.338 e. The molecule has 0 fully saturated rings. The number of rotatable bonds is 7. The van der Waals surface area contributed by atoms with Crippen molar-refractivity contribution in [2.75, 3.05) is 20.8 Å². The standard InChI is InChI=1S/C24H21ClN2O6/c1-30-21-10-7-16(12-22(21)31-2)24(29)33-14-23(28)27-19(20-4-3-11-32-20)13-18(26-27)15-5-8-17(25)9-6-15/h3-12,19H,13-14H2,1-2H3. The second-order valence-electron chi connectivity index (χ2n) is 7.17. The van der Waals surface area contributed by atoms with Crippen molar-refractivity contribution >= 4 is 29.2 Å². The lowest BCUT2D eigenvalue weighted by atomic mass is 10.0. The number of nitrogens with zero attached hydrogens (tertiary/aromatic N) is 2. The minimum absolute atomic E-state index is 0.231. The van der Waals surface area contributed by atoms with Gasteiger partial charge in [0.05, 0.1) is 31.8 Å². The molecule has 8 nitrogen and oxygen atoms in total. The van der Waals surface area contributed by atoms with Crippen LogP contribution in [0.2, 0.25) is 5.02 Å². The van der Waals surface area contributed by atoms with Crippen LogP contribution in [0.25, 0.3) is 0 Å². The van der Waals surface area contributed by atoms with Crippen molar-refractivity contribution < 1.29 is 28.2 Å². The van der Waals surface area contributed by atoms with Crippen LogP contribution in [0.1, 0.15) is 34.1 Å². The van der Waals surface area contributed by atoms with Gasteiger partial charge in [0.25, 0.3) is 5.91 Å². The first-order valence-corrected chi connectivity index (χ1v) is 10.5. The average Bonchev–Trinajstić information content (AvgIpc) is 3.52. The fourth-order valence-electron chi connectivity index (χ4n) is 3.50. The van der Waals surface area contributed by atoms with Gasteiger partial charge < -0.3 is 18.6 Å². The molecule has 1 unspecified atom stereocenters. The minimum Gasteiger partial charge on any atom is -0.493 e. The van der Waals surface area contributed by atoms with Gasteiger partial charge in [-0.3, -0.25) is 4.79 Å². The highest BCUT2D eigenvalue weighted by atomic mass is 35.5. The third-order valence-electron chi connectivity index (χ3n) is 5.16. The van der Waals surface area contributed by atoms with Crippen LogP contribution in [0.3, 0.4) is 0 Å². The largest absolute Gasteiger partial charge is 0.493 e. The van der Waals surface area contributed by atoms with Crippen LogP contribution >= 0.6 is 11.6 Å². The maximum absolute atomic E-state index is 13.0. The molecule has 0 bridgehead atoms. The van der Waals surface area contributed by atoms with Gasteiger partial charge >= 0.3 is 5.97 Å². The minimum atomic E-state index is -0.667. The van der Waals surface area contributed by atoms with Crippen LogP contribution in [0, 0.1) is 0 Å². The molecular weight excluding hydrogens is 448 g/mol. The van der Waals surface area contributed by atoms with Gasteiger partial charge in [0.1, 0.15) is 11.8 Å². The molecule has 1 aliphatic heterocycles. The molecule has 1 amide bonds. The normalized spacial score (nSPS) is 15.2. The van der Waals surface area contributed by atoms with Gasteiger partial charge in [0.2, 0.25) is 0 Å². The maximum atomic E-state index is 13.0. The van der Waals surface area contributed by atoms with Crippen LogP contribution < -0.4 is 9.47 Å². The molecule has 9 heteroatoms. The number of benzene rings is 2. The van der Waals surface area contributed by atoms with E-state index in [4.69, 9.17) is 30.2 Å². The molecule has 0 saturated heterocycles. The average molecular weight is 469 g/mol. The number of furan rings is 1. The van der Waals surface area contributed by atoms with Crippen LogP contribution in [0.4, 0.5) is 0 Å². The molecule has 33 heavy (non-hydrogen) atoms. The Kier molecular flexibility index (Phi) is 6.65. The first kappa shape index (κ1) is 22.4. The lowest BCUT2D eigenvalue weighted by molar-refractivity contribution is -0.136. The Balaban J connectivity index is 1.50. The Labute approximate surface area is 195 Å². The molecule has 170 valence electrons. The van der Waals surface area contributed by atoms with Crippen LogP contribution in [0.5, 0.6) is 11.5 Å². The van der Waals surface area contributed by atoms with E-state index in [0.29, 0.717) is 34.4 Å². The molecule has 4 rings (SSSR count). The summed E-state index contributed by atoms with van der Waals surface area (Å²) in [5.74, 6) is 0.303. The Hall–Kier alpha value is -3.78. The van der Waals surface area contributed by atoms with Gasteiger partial charge in [-0.15, -0.1) is 0 Å². The predicted molar refractivity (Wildman–Crippen MR) is 121 cm³/mol. The molecule has 0 spiro atoms. The van der Waals surface area contributed by atoms with Gasteiger partial charge in [-0.05, 0) is 48.0 Å². The van der Waals surface area contributed by atoms with E-state index in [1.54, 1.807) is 30.3 Å². The molecule has 0 N–H and O–H groups in total. The van der Waals surface area contributed by atoms with E-state index >= 15 is 0 Å². The van der Waals surface area contributed by atoms with E-state index in [1.807, 2.05) is 12.1 Å². The highest BCUT2D eigenvalue weighted by molar-refractivity contribution is 6.30. The molecule has 2 aromatic carbocycles. The molecule has 2 heterocycles. The third kappa shape index (κ3) is 4.85. The Bertz CT molecular complexity index is 1170. The van der Waals surface area contributed by atoms with E-state index in [0.717, 1.165) is 5.56 Å². The fraction of sp³-hybridized carbons (Fsp3) is 0.208. The first-order chi connectivity index (χ1) is 16.0. The number of halogens is 1. The molecular formula is C24H21ClN2O6. The van der Waals surface area contributed by atoms with Crippen LogP contribution in [-0.2, 0) is 9.53 Å². The van der Waals surface area contributed by atoms with Crippen LogP contribution in [0.15, 0.2) is 70.4 Å². The van der Waals surface area contributed by atoms with Crippen LogP contribution in [-0.4, -0.2) is 43.4 Å². The Morgan fingerprint density at radius 2 is 1.85 bits per heavy atom. The lowest BCUT2D eigenvalue weighted by Gasteiger charge is -2.19. The summed E-state index contributed by atoms with van der Waals surface area (Å²) in [6, 6.07) is 14.9. The molecule has 1 aromatic heterocycles. The highest BCUT2D eigenvalue weighted by Gasteiger charge is 2.35. The fourth-order valence-corrected chi connectivity index (χ4v) is 3.63. The van der Waals surface area contributed by atoms with Crippen molar-refractivity contribution in [3.63, 3.8) is 0 Å². The zero-order valence-electron chi connectivity index (χ0n) is 18.0. The molecule has 0 aliphatic carbocycles. The summed E-state index contributed by atoms with van der Waals surface area (Å²) in [7, 11) is 2.97. The number of hydrogen-bond acceptors (Lipinski definition) is 7. The predicted octanol–water partition coefficient (Wildman–Crippen LogP) is 4.48. The summed E-state index contributed by atoms with van der Waals surface area (Å²) in [5, 5.41) is 6.40. The number of carbonyl (C=O) groups excluding carboxylic acids is 2. The summed E-state index contributed by atoms with van der Waals surface area (Å²) >= 11 is 5.98. The van der Waals surface area contributed by atoms with Gasteiger partial charge in [-0.2, -0.15) is 5.10 Å². The Morgan fingerprint density at radius 3 is 2.52 bits per heavy atom. The zero-order chi connectivity index (χ0) is 23.4. The zero-order valence-corrected chi connectivity index (χ0v) is 18.7. The van der Waals surface area contributed by atoms with Gasteiger partial charge in [-0.25, -0.2) is 9.80 Å². The summed E-state index contributed by atoms with van der Waals surface area (Å²) in [6.07, 6.45) is 1.99. The Morgan fingerprint density at radius 1 is 1.09 bits per heavy atom. The van der Waals surface area contributed by atoms with Gasteiger partial charge in [0, 0.05) is 11.4 Å². The van der Waals surface area contributed by atoms with E-state index in [1.165, 1.54) is 37.6 Å². The first-order valence-electron chi connectivity index (χ1n) is 10.1. The van der Waals surface area contributed by atoms with Crippen molar-refractivity contribution in [3.05, 3.63) is 82.8 Å². The number of amides is 1. The van der Waals surface area contributed by atoms with E-state index < -0.39 is 24.5 Å². The number of esters is 1. The number of ether oxygens (including phenoxy) is 3. The lowest BCUT2D eigenvalue weighted by Crippen LogP contribution is -2.31. The monoisotopic (exact) mass is 468 g/mol. The topological polar surface area (TPSA) is 90.6 Å².